The first-order chi connectivity index (χ1) is 15.2. The van der Waals surface area contributed by atoms with Crippen molar-refractivity contribution in [1.82, 2.24) is 0 Å². The lowest BCUT2D eigenvalue weighted by Crippen LogP contribution is -2.37. The standard InChI is InChI=1S/C26H30O6/c1-16(2)7-6-8-17(3)13-24-31-22(26(4,5)32-24)15-29-25-18-9-10-23(27)30-21(18)14-20-19(25)11-12-28-20/h7,9-14,22,24H,6,8,15H2,1-5H3/b17-13-. The van der Waals surface area contributed by atoms with Crippen molar-refractivity contribution in [3.05, 3.63) is 64.2 Å². The van der Waals surface area contributed by atoms with Crippen LogP contribution in [0.5, 0.6) is 5.75 Å². The van der Waals surface area contributed by atoms with Crippen LogP contribution in [0.15, 0.2) is 67.5 Å². The second-order valence-corrected chi connectivity index (χ2v) is 9.06. The van der Waals surface area contributed by atoms with E-state index in [1.807, 2.05) is 26.0 Å². The highest BCUT2D eigenvalue weighted by molar-refractivity contribution is 6.01. The van der Waals surface area contributed by atoms with E-state index in [4.69, 9.17) is 23.0 Å². The van der Waals surface area contributed by atoms with Gasteiger partial charge in [-0.2, -0.15) is 0 Å². The monoisotopic (exact) mass is 438 g/mol. The molecule has 1 saturated heterocycles. The first-order valence-electron chi connectivity index (χ1n) is 10.9. The Hall–Kier alpha value is -2.83. The zero-order valence-electron chi connectivity index (χ0n) is 19.3. The minimum Gasteiger partial charge on any atom is -0.489 e. The molecule has 3 heterocycles. The Morgan fingerprint density at radius 1 is 1.12 bits per heavy atom. The summed E-state index contributed by atoms with van der Waals surface area (Å²) in [6.07, 6.45) is 7.15. The molecule has 0 spiro atoms. The van der Waals surface area contributed by atoms with Crippen LogP contribution in [-0.4, -0.2) is 24.6 Å². The SMILES string of the molecule is CC(C)=CCC/C(C)=C\C1OC(COc2c3ccoc3cc3oc(=O)ccc23)C(C)(C)O1. The summed E-state index contributed by atoms with van der Waals surface area (Å²) < 4.78 is 29.4. The van der Waals surface area contributed by atoms with Gasteiger partial charge in [0.1, 0.15) is 29.6 Å². The average Bonchev–Trinajstić information content (AvgIpc) is 3.27. The molecule has 1 aliphatic heterocycles. The summed E-state index contributed by atoms with van der Waals surface area (Å²) in [5, 5.41) is 1.52. The third-order valence-electron chi connectivity index (χ3n) is 5.69. The van der Waals surface area contributed by atoms with Crippen molar-refractivity contribution in [3.8, 4) is 5.75 Å². The van der Waals surface area contributed by atoms with Crippen LogP contribution in [0.25, 0.3) is 21.9 Å². The molecule has 0 N–H and O–H groups in total. The van der Waals surface area contributed by atoms with Crippen molar-refractivity contribution < 1.29 is 23.0 Å². The summed E-state index contributed by atoms with van der Waals surface area (Å²) in [4.78, 5) is 11.7. The Bertz CT molecular complexity index is 1220. The number of fused-ring (bicyclic) bond motifs is 2. The summed E-state index contributed by atoms with van der Waals surface area (Å²) in [5.74, 6) is 0.603. The number of ether oxygens (including phenoxy) is 3. The van der Waals surface area contributed by atoms with Crippen LogP contribution >= 0.6 is 0 Å². The first kappa shape index (κ1) is 22.4. The number of allylic oxidation sites excluding steroid dienone is 3. The summed E-state index contributed by atoms with van der Waals surface area (Å²) in [6.45, 7) is 10.6. The van der Waals surface area contributed by atoms with Crippen molar-refractivity contribution in [2.24, 2.45) is 0 Å². The van der Waals surface area contributed by atoms with Crippen molar-refractivity contribution in [2.45, 2.75) is 65.5 Å². The summed E-state index contributed by atoms with van der Waals surface area (Å²) >= 11 is 0. The van der Waals surface area contributed by atoms with E-state index in [0.29, 0.717) is 22.3 Å². The number of rotatable bonds is 7. The zero-order valence-corrected chi connectivity index (χ0v) is 19.3. The number of hydrogen-bond donors (Lipinski definition) is 0. The molecule has 6 heteroatoms. The molecule has 0 radical (unpaired) electrons. The lowest BCUT2D eigenvalue weighted by Gasteiger charge is -2.23. The summed E-state index contributed by atoms with van der Waals surface area (Å²) in [6, 6.07) is 6.64. The third-order valence-corrected chi connectivity index (χ3v) is 5.69. The third kappa shape index (κ3) is 4.81. The van der Waals surface area contributed by atoms with Gasteiger partial charge in [0.25, 0.3) is 0 Å². The molecule has 1 aliphatic rings. The molecule has 2 unspecified atom stereocenters. The highest BCUT2D eigenvalue weighted by atomic mass is 16.7. The van der Waals surface area contributed by atoms with Crippen molar-refractivity contribution in [3.63, 3.8) is 0 Å². The van der Waals surface area contributed by atoms with E-state index in [-0.39, 0.29) is 12.7 Å². The van der Waals surface area contributed by atoms with Gasteiger partial charge >= 0.3 is 5.63 Å². The van der Waals surface area contributed by atoms with E-state index >= 15 is 0 Å². The zero-order chi connectivity index (χ0) is 22.9. The van der Waals surface area contributed by atoms with E-state index in [9.17, 15) is 4.79 Å². The van der Waals surface area contributed by atoms with E-state index in [1.54, 1.807) is 18.4 Å². The van der Waals surface area contributed by atoms with Gasteiger partial charge in [-0.25, -0.2) is 4.79 Å². The maximum absolute atomic E-state index is 11.7. The van der Waals surface area contributed by atoms with Gasteiger partial charge in [0.15, 0.2) is 6.29 Å². The van der Waals surface area contributed by atoms with Gasteiger partial charge in [-0.15, -0.1) is 0 Å². The molecular weight excluding hydrogens is 408 g/mol. The first-order valence-corrected chi connectivity index (χ1v) is 10.9. The Morgan fingerprint density at radius 3 is 2.69 bits per heavy atom. The fourth-order valence-corrected chi connectivity index (χ4v) is 3.87. The summed E-state index contributed by atoms with van der Waals surface area (Å²) in [7, 11) is 0. The number of benzene rings is 1. The van der Waals surface area contributed by atoms with Crippen LogP contribution < -0.4 is 10.4 Å². The lowest BCUT2D eigenvalue weighted by molar-refractivity contribution is -0.0472. The lowest BCUT2D eigenvalue weighted by atomic mass is 10.0. The quantitative estimate of drug-likeness (QED) is 0.326. The van der Waals surface area contributed by atoms with Crippen LogP contribution in [0, 0.1) is 0 Å². The Labute approximate surface area is 187 Å². The number of hydrogen-bond acceptors (Lipinski definition) is 6. The van der Waals surface area contributed by atoms with E-state index in [0.717, 1.165) is 18.2 Å². The van der Waals surface area contributed by atoms with Gasteiger partial charge in [0, 0.05) is 12.1 Å². The van der Waals surface area contributed by atoms with E-state index in [2.05, 4.69) is 26.8 Å². The predicted octanol–water partition coefficient (Wildman–Crippen LogP) is 6.13. The molecule has 1 aromatic carbocycles. The largest absolute Gasteiger partial charge is 0.489 e. The van der Waals surface area contributed by atoms with Crippen LogP contribution in [0.1, 0.15) is 47.5 Å². The smallest absolute Gasteiger partial charge is 0.336 e. The van der Waals surface area contributed by atoms with Crippen molar-refractivity contribution in [2.75, 3.05) is 6.61 Å². The van der Waals surface area contributed by atoms with Crippen LogP contribution in [0.2, 0.25) is 0 Å². The van der Waals surface area contributed by atoms with E-state index in [1.165, 1.54) is 17.2 Å². The molecule has 0 saturated carbocycles. The van der Waals surface area contributed by atoms with Gasteiger partial charge in [0.2, 0.25) is 0 Å². The Kier molecular flexibility index (Phi) is 6.26. The molecule has 6 nitrogen and oxygen atoms in total. The molecule has 2 atom stereocenters. The molecule has 0 aliphatic carbocycles. The fraction of sp³-hybridized carbons (Fsp3) is 0.423. The highest BCUT2D eigenvalue weighted by Gasteiger charge is 2.42. The normalized spacial score (nSPS) is 20.7. The average molecular weight is 439 g/mol. The molecule has 170 valence electrons. The van der Waals surface area contributed by atoms with Crippen LogP contribution in [0.4, 0.5) is 0 Å². The molecule has 3 aromatic rings. The number of furan rings is 1. The molecular formula is C26H30O6. The van der Waals surface area contributed by atoms with Gasteiger partial charge in [0.05, 0.1) is 22.6 Å². The highest BCUT2D eigenvalue weighted by Crippen LogP contribution is 2.37. The van der Waals surface area contributed by atoms with Crippen LogP contribution in [0.3, 0.4) is 0 Å². The molecule has 0 amide bonds. The Balaban J connectivity index is 1.51. The van der Waals surface area contributed by atoms with Gasteiger partial charge in [-0.05, 0) is 65.7 Å². The maximum atomic E-state index is 11.7. The van der Waals surface area contributed by atoms with Crippen molar-refractivity contribution in [1.29, 1.82) is 0 Å². The predicted molar refractivity (Wildman–Crippen MR) is 124 cm³/mol. The second-order valence-electron chi connectivity index (χ2n) is 9.06. The van der Waals surface area contributed by atoms with E-state index < -0.39 is 17.5 Å². The van der Waals surface area contributed by atoms with Gasteiger partial charge < -0.3 is 23.0 Å². The van der Waals surface area contributed by atoms with Crippen molar-refractivity contribution >= 4 is 21.9 Å². The fourth-order valence-electron chi connectivity index (χ4n) is 3.87. The minimum atomic E-state index is -0.520. The minimum absolute atomic E-state index is 0.276. The summed E-state index contributed by atoms with van der Waals surface area (Å²) in [5.41, 5.74) is 2.63. The molecule has 32 heavy (non-hydrogen) atoms. The van der Waals surface area contributed by atoms with Crippen LogP contribution in [-0.2, 0) is 9.47 Å². The molecule has 4 rings (SSSR count). The van der Waals surface area contributed by atoms with Gasteiger partial charge in [-0.1, -0.05) is 17.2 Å². The van der Waals surface area contributed by atoms with Gasteiger partial charge in [-0.3, -0.25) is 0 Å². The molecule has 1 fully saturated rings. The molecule has 0 bridgehead atoms. The Morgan fingerprint density at radius 2 is 1.91 bits per heavy atom. The molecule has 2 aromatic heterocycles. The second kappa shape index (κ2) is 8.96. The topological polar surface area (TPSA) is 71.0 Å². The maximum Gasteiger partial charge on any atom is 0.336 e.